The van der Waals surface area contributed by atoms with Gasteiger partial charge in [-0.15, -0.1) is 21.5 Å². The van der Waals surface area contributed by atoms with Crippen LogP contribution in [0.4, 0.5) is 5.69 Å². The number of thiophene rings is 1. The van der Waals surface area contributed by atoms with Crippen LogP contribution in [-0.2, 0) is 9.59 Å². The highest BCUT2D eigenvalue weighted by molar-refractivity contribution is 8.02. The number of thioether (sulfide) groups is 1. The van der Waals surface area contributed by atoms with Gasteiger partial charge in [0.05, 0.1) is 10.6 Å². The van der Waals surface area contributed by atoms with Crippen molar-refractivity contribution in [1.82, 2.24) is 10.2 Å². The molecule has 1 aromatic carbocycles. The molecular weight excluding hydrogens is 386 g/mol. The number of carbonyl (C=O) groups is 2. The topological polar surface area (TPSA) is 63.2 Å². The molecule has 1 saturated heterocycles. The van der Waals surface area contributed by atoms with Gasteiger partial charge in [-0.2, -0.15) is 0 Å². The lowest BCUT2D eigenvalue weighted by molar-refractivity contribution is -0.121. The second-order valence-electron chi connectivity index (χ2n) is 6.02. The summed E-state index contributed by atoms with van der Waals surface area (Å²) in [5.41, 5.74) is 2.70. The Labute approximate surface area is 163 Å². The van der Waals surface area contributed by atoms with Gasteiger partial charge in [-0.05, 0) is 36.9 Å². The number of hydrogen-bond acceptors (Lipinski definition) is 7. The Kier molecular flexibility index (Phi) is 4.64. The van der Waals surface area contributed by atoms with E-state index in [-0.39, 0.29) is 18.2 Å². The number of imide groups is 1. The molecule has 1 atom stereocenters. The smallest absolute Gasteiger partial charge is 0.247 e. The summed E-state index contributed by atoms with van der Waals surface area (Å²) in [5, 5.41) is 10.7. The first-order valence-corrected chi connectivity index (χ1v) is 10.6. The lowest BCUT2D eigenvalue weighted by Crippen LogP contribution is -2.31. The molecule has 132 valence electrons. The highest BCUT2D eigenvalue weighted by Crippen LogP contribution is 2.38. The van der Waals surface area contributed by atoms with Gasteiger partial charge in [-0.1, -0.05) is 46.9 Å². The standard InChI is InChI=1S/C18H15N3O2S3/c1-10-5-6-12(11(2)8-10)21-15(22)9-14(17(21)23)25-18-20-19-16(26-18)13-4-3-7-24-13/h3-8,14H,9H2,1-2H3/t14-/m1/s1. The van der Waals surface area contributed by atoms with Crippen molar-refractivity contribution in [3.8, 4) is 9.88 Å². The van der Waals surface area contributed by atoms with Crippen molar-refractivity contribution in [2.24, 2.45) is 0 Å². The molecule has 0 radical (unpaired) electrons. The minimum atomic E-state index is -0.452. The Morgan fingerprint density at radius 3 is 2.77 bits per heavy atom. The molecule has 8 heteroatoms. The third-order valence-corrected chi connectivity index (χ3v) is 7.31. The average Bonchev–Trinajstić information content (AvgIpc) is 3.31. The minimum absolute atomic E-state index is 0.164. The number of nitrogens with zero attached hydrogens (tertiary/aromatic N) is 3. The minimum Gasteiger partial charge on any atom is -0.274 e. The van der Waals surface area contributed by atoms with Gasteiger partial charge in [0.1, 0.15) is 5.25 Å². The Hall–Kier alpha value is -2.03. The molecule has 0 bridgehead atoms. The molecule has 3 aromatic rings. The number of aryl methyl sites for hydroxylation is 2. The fourth-order valence-electron chi connectivity index (χ4n) is 2.88. The molecule has 0 aliphatic carbocycles. The number of carbonyl (C=O) groups excluding carboxylic acids is 2. The largest absolute Gasteiger partial charge is 0.274 e. The zero-order valence-electron chi connectivity index (χ0n) is 14.1. The van der Waals surface area contributed by atoms with E-state index >= 15 is 0 Å². The first kappa shape index (κ1) is 17.4. The lowest BCUT2D eigenvalue weighted by atomic mass is 10.1. The summed E-state index contributed by atoms with van der Waals surface area (Å²) in [6, 6.07) is 9.70. The van der Waals surface area contributed by atoms with E-state index in [1.807, 2.05) is 49.6 Å². The van der Waals surface area contributed by atoms with Crippen LogP contribution in [0.15, 0.2) is 40.1 Å². The normalized spacial score (nSPS) is 17.3. The summed E-state index contributed by atoms with van der Waals surface area (Å²) >= 11 is 4.38. The van der Waals surface area contributed by atoms with Crippen LogP contribution >= 0.6 is 34.4 Å². The Bertz CT molecular complexity index is 981. The molecule has 26 heavy (non-hydrogen) atoms. The Morgan fingerprint density at radius 1 is 1.19 bits per heavy atom. The highest BCUT2D eigenvalue weighted by Gasteiger charge is 2.41. The molecule has 1 aliphatic heterocycles. The van der Waals surface area contributed by atoms with E-state index in [1.54, 1.807) is 11.3 Å². The van der Waals surface area contributed by atoms with Crippen molar-refractivity contribution in [2.75, 3.05) is 4.90 Å². The first-order valence-electron chi connectivity index (χ1n) is 8.01. The van der Waals surface area contributed by atoms with Crippen LogP contribution < -0.4 is 4.90 Å². The molecule has 2 amide bonds. The van der Waals surface area contributed by atoms with Crippen LogP contribution in [0.25, 0.3) is 9.88 Å². The van der Waals surface area contributed by atoms with Crippen LogP contribution in [0.5, 0.6) is 0 Å². The third kappa shape index (κ3) is 3.20. The van der Waals surface area contributed by atoms with Gasteiger partial charge in [-0.3, -0.25) is 9.59 Å². The van der Waals surface area contributed by atoms with E-state index in [0.717, 1.165) is 21.0 Å². The van der Waals surface area contributed by atoms with Crippen molar-refractivity contribution in [2.45, 2.75) is 29.9 Å². The van der Waals surface area contributed by atoms with Gasteiger partial charge in [-0.25, -0.2) is 4.90 Å². The Morgan fingerprint density at radius 2 is 2.04 bits per heavy atom. The van der Waals surface area contributed by atoms with Gasteiger partial charge < -0.3 is 0 Å². The molecule has 0 unspecified atom stereocenters. The SMILES string of the molecule is Cc1ccc(N2C(=O)C[C@@H](Sc3nnc(-c4cccs4)s3)C2=O)c(C)c1. The van der Waals surface area contributed by atoms with E-state index in [4.69, 9.17) is 0 Å². The monoisotopic (exact) mass is 401 g/mol. The van der Waals surface area contributed by atoms with E-state index in [2.05, 4.69) is 10.2 Å². The van der Waals surface area contributed by atoms with Crippen molar-refractivity contribution >= 4 is 51.9 Å². The average molecular weight is 402 g/mol. The Balaban J connectivity index is 1.54. The van der Waals surface area contributed by atoms with Crippen LogP contribution in [0, 0.1) is 13.8 Å². The van der Waals surface area contributed by atoms with Gasteiger partial charge in [0.2, 0.25) is 11.8 Å². The summed E-state index contributed by atoms with van der Waals surface area (Å²) in [7, 11) is 0. The molecule has 1 aliphatic rings. The maximum absolute atomic E-state index is 12.8. The van der Waals surface area contributed by atoms with E-state index in [9.17, 15) is 9.59 Å². The quantitative estimate of drug-likeness (QED) is 0.610. The number of rotatable bonds is 4. The van der Waals surface area contributed by atoms with Crippen molar-refractivity contribution in [3.05, 3.63) is 46.8 Å². The van der Waals surface area contributed by atoms with Gasteiger partial charge >= 0.3 is 0 Å². The van der Waals surface area contributed by atoms with Gasteiger partial charge in [0, 0.05) is 6.42 Å². The number of anilines is 1. The van der Waals surface area contributed by atoms with Crippen molar-refractivity contribution in [3.63, 3.8) is 0 Å². The molecule has 5 nitrogen and oxygen atoms in total. The van der Waals surface area contributed by atoms with Crippen LogP contribution in [0.3, 0.4) is 0 Å². The number of aromatic nitrogens is 2. The molecule has 1 fully saturated rings. The molecule has 2 aromatic heterocycles. The zero-order chi connectivity index (χ0) is 18.3. The second kappa shape index (κ2) is 6.94. The fraction of sp³-hybridized carbons (Fsp3) is 0.222. The maximum atomic E-state index is 12.8. The van der Waals surface area contributed by atoms with E-state index in [0.29, 0.717) is 10.0 Å². The van der Waals surface area contributed by atoms with Gasteiger partial charge in [0.25, 0.3) is 0 Å². The number of amides is 2. The van der Waals surface area contributed by atoms with Crippen LogP contribution in [0.2, 0.25) is 0 Å². The van der Waals surface area contributed by atoms with Gasteiger partial charge in [0.15, 0.2) is 9.35 Å². The predicted octanol–water partition coefficient (Wildman–Crippen LogP) is 4.31. The van der Waals surface area contributed by atoms with Crippen LogP contribution in [-0.4, -0.2) is 27.3 Å². The fourth-order valence-corrected chi connectivity index (χ4v) is 5.79. The second-order valence-corrected chi connectivity index (χ2v) is 9.39. The zero-order valence-corrected chi connectivity index (χ0v) is 16.6. The molecule has 0 spiro atoms. The maximum Gasteiger partial charge on any atom is 0.247 e. The summed E-state index contributed by atoms with van der Waals surface area (Å²) in [5.74, 6) is -0.345. The third-order valence-electron chi connectivity index (χ3n) is 4.08. The molecule has 0 saturated carbocycles. The summed E-state index contributed by atoms with van der Waals surface area (Å²) < 4.78 is 0.710. The molecule has 3 heterocycles. The van der Waals surface area contributed by atoms with Crippen LogP contribution in [0.1, 0.15) is 17.5 Å². The molecular formula is C18H15N3O2S3. The van der Waals surface area contributed by atoms with Crippen molar-refractivity contribution in [1.29, 1.82) is 0 Å². The highest BCUT2D eigenvalue weighted by atomic mass is 32.2. The van der Waals surface area contributed by atoms with Crippen molar-refractivity contribution < 1.29 is 9.59 Å². The number of benzene rings is 1. The summed E-state index contributed by atoms with van der Waals surface area (Å²) in [4.78, 5) is 27.7. The summed E-state index contributed by atoms with van der Waals surface area (Å²) in [6.07, 6.45) is 0.185. The van der Waals surface area contributed by atoms with E-state index < -0.39 is 5.25 Å². The first-order chi connectivity index (χ1) is 12.5. The molecule has 4 rings (SSSR count). The molecule has 0 N–H and O–H groups in total. The summed E-state index contributed by atoms with van der Waals surface area (Å²) in [6.45, 7) is 3.91. The number of hydrogen-bond donors (Lipinski definition) is 0. The predicted molar refractivity (Wildman–Crippen MR) is 106 cm³/mol. The lowest BCUT2D eigenvalue weighted by Gasteiger charge is -2.17. The van der Waals surface area contributed by atoms with E-state index in [1.165, 1.54) is 28.0 Å².